The summed E-state index contributed by atoms with van der Waals surface area (Å²) in [6, 6.07) is 13.6. The van der Waals surface area contributed by atoms with E-state index in [1.54, 1.807) is 0 Å². The van der Waals surface area contributed by atoms with Crippen molar-refractivity contribution >= 4 is 5.69 Å². The fourth-order valence-corrected chi connectivity index (χ4v) is 2.83. The van der Waals surface area contributed by atoms with Crippen LogP contribution in [0.1, 0.15) is 34.2 Å². The van der Waals surface area contributed by atoms with E-state index >= 15 is 0 Å². The molecule has 19 heavy (non-hydrogen) atoms. The van der Waals surface area contributed by atoms with Crippen molar-refractivity contribution < 1.29 is 0 Å². The lowest BCUT2D eigenvalue weighted by Gasteiger charge is -2.19. The third kappa shape index (κ3) is 2.65. The average molecular weight is 251 g/mol. The van der Waals surface area contributed by atoms with Crippen LogP contribution in [-0.4, -0.2) is 6.54 Å². The summed E-state index contributed by atoms with van der Waals surface area (Å²) >= 11 is 0. The second-order valence-corrected chi connectivity index (χ2v) is 5.63. The minimum Gasteiger partial charge on any atom is -0.385 e. The molecule has 0 atom stereocenters. The summed E-state index contributed by atoms with van der Waals surface area (Å²) in [5.74, 6) is 0. The number of rotatable bonds is 2. The van der Waals surface area contributed by atoms with E-state index < -0.39 is 0 Å². The summed E-state index contributed by atoms with van der Waals surface area (Å²) in [5.41, 5.74) is 8.38. The summed E-state index contributed by atoms with van der Waals surface area (Å²) in [4.78, 5) is 0. The van der Waals surface area contributed by atoms with Crippen molar-refractivity contribution in [2.24, 2.45) is 0 Å². The van der Waals surface area contributed by atoms with E-state index in [2.05, 4.69) is 55.6 Å². The van der Waals surface area contributed by atoms with Crippen molar-refractivity contribution in [1.82, 2.24) is 0 Å². The molecule has 1 heteroatoms. The summed E-state index contributed by atoms with van der Waals surface area (Å²) in [6.07, 6.45) is 3.50. The quantitative estimate of drug-likeness (QED) is 0.841. The lowest BCUT2D eigenvalue weighted by atomic mass is 9.95. The van der Waals surface area contributed by atoms with Crippen molar-refractivity contribution in [3.63, 3.8) is 0 Å². The van der Waals surface area contributed by atoms with Crippen LogP contribution in [0.4, 0.5) is 5.69 Å². The lowest BCUT2D eigenvalue weighted by Crippen LogP contribution is -2.11. The molecule has 1 aliphatic rings. The molecule has 0 aromatic heterocycles. The predicted molar refractivity (Wildman–Crippen MR) is 82.0 cm³/mol. The zero-order valence-electron chi connectivity index (χ0n) is 11.8. The molecule has 0 bridgehead atoms. The van der Waals surface area contributed by atoms with Crippen LogP contribution in [0.3, 0.4) is 0 Å². The second kappa shape index (κ2) is 5.08. The molecule has 0 spiro atoms. The van der Waals surface area contributed by atoms with Crippen LogP contribution < -0.4 is 5.32 Å². The van der Waals surface area contributed by atoms with Crippen LogP contribution in [0.25, 0.3) is 0 Å². The van der Waals surface area contributed by atoms with Crippen LogP contribution in [0.2, 0.25) is 0 Å². The smallest absolute Gasteiger partial charge is 0.0375 e. The first-order chi connectivity index (χ1) is 9.22. The number of anilines is 1. The summed E-state index contributed by atoms with van der Waals surface area (Å²) in [6.45, 7) is 5.47. The Morgan fingerprint density at radius 2 is 1.95 bits per heavy atom. The molecule has 2 aromatic rings. The molecule has 0 unspecified atom stereocenters. The van der Waals surface area contributed by atoms with Crippen LogP contribution in [0, 0.1) is 13.8 Å². The first-order valence-corrected chi connectivity index (χ1v) is 7.14. The second-order valence-electron chi connectivity index (χ2n) is 5.63. The zero-order chi connectivity index (χ0) is 13.2. The van der Waals surface area contributed by atoms with E-state index in [1.165, 1.54) is 46.3 Å². The van der Waals surface area contributed by atoms with Crippen molar-refractivity contribution in [2.75, 3.05) is 11.9 Å². The van der Waals surface area contributed by atoms with Crippen molar-refractivity contribution in [3.05, 3.63) is 64.2 Å². The van der Waals surface area contributed by atoms with Gasteiger partial charge in [0.25, 0.3) is 0 Å². The first-order valence-electron chi connectivity index (χ1n) is 7.14. The average Bonchev–Trinajstić information content (AvgIpc) is 2.43. The summed E-state index contributed by atoms with van der Waals surface area (Å²) in [7, 11) is 0. The first kappa shape index (κ1) is 12.3. The molecule has 1 heterocycles. The van der Waals surface area contributed by atoms with Crippen molar-refractivity contribution in [3.8, 4) is 0 Å². The topological polar surface area (TPSA) is 12.0 Å². The molecule has 0 radical (unpaired) electrons. The van der Waals surface area contributed by atoms with E-state index in [-0.39, 0.29) is 0 Å². The van der Waals surface area contributed by atoms with Crippen LogP contribution in [-0.2, 0) is 12.8 Å². The van der Waals surface area contributed by atoms with Gasteiger partial charge in [0.15, 0.2) is 0 Å². The molecule has 98 valence electrons. The van der Waals surface area contributed by atoms with Gasteiger partial charge in [-0.2, -0.15) is 0 Å². The molecule has 0 aliphatic carbocycles. The number of hydrogen-bond acceptors (Lipinski definition) is 1. The lowest BCUT2D eigenvalue weighted by molar-refractivity contribution is 0.829. The Bertz CT molecular complexity index is 599. The monoisotopic (exact) mass is 251 g/mol. The Balaban J connectivity index is 1.89. The number of hydrogen-bond donors (Lipinski definition) is 1. The molecule has 2 aromatic carbocycles. The van der Waals surface area contributed by atoms with Gasteiger partial charge in [-0.25, -0.2) is 0 Å². The minimum atomic E-state index is 1.03. The molecular weight excluding hydrogens is 230 g/mol. The highest BCUT2D eigenvalue weighted by Crippen LogP contribution is 2.25. The van der Waals surface area contributed by atoms with Gasteiger partial charge in [0.1, 0.15) is 0 Å². The standard InChI is InChI=1S/C18H21N/c1-13-5-6-14(2)17(10-13)11-15-7-8-16-4-3-9-19-18(16)12-15/h5-8,10,12,19H,3-4,9,11H2,1-2H3. The maximum atomic E-state index is 3.51. The van der Waals surface area contributed by atoms with E-state index in [0.717, 1.165) is 13.0 Å². The van der Waals surface area contributed by atoms with Crippen molar-refractivity contribution in [1.29, 1.82) is 0 Å². The van der Waals surface area contributed by atoms with Gasteiger partial charge >= 0.3 is 0 Å². The van der Waals surface area contributed by atoms with Gasteiger partial charge in [-0.1, -0.05) is 35.9 Å². The molecule has 0 saturated carbocycles. The summed E-state index contributed by atoms with van der Waals surface area (Å²) < 4.78 is 0. The van der Waals surface area contributed by atoms with E-state index in [4.69, 9.17) is 0 Å². The molecule has 1 N–H and O–H groups in total. The normalized spacial score (nSPS) is 13.8. The van der Waals surface area contributed by atoms with E-state index in [9.17, 15) is 0 Å². The fourth-order valence-electron chi connectivity index (χ4n) is 2.83. The van der Waals surface area contributed by atoms with Gasteiger partial charge < -0.3 is 5.32 Å². The molecule has 0 saturated heterocycles. The van der Waals surface area contributed by atoms with E-state index in [0.29, 0.717) is 0 Å². The summed E-state index contributed by atoms with van der Waals surface area (Å²) in [5, 5.41) is 3.51. The maximum Gasteiger partial charge on any atom is 0.0375 e. The predicted octanol–water partition coefficient (Wildman–Crippen LogP) is 4.25. The Morgan fingerprint density at radius 3 is 2.84 bits per heavy atom. The third-order valence-electron chi connectivity index (χ3n) is 4.01. The van der Waals surface area contributed by atoms with Gasteiger partial charge in [-0.05, 0) is 61.4 Å². The highest BCUT2D eigenvalue weighted by atomic mass is 14.9. The zero-order valence-corrected chi connectivity index (χ0v) is 11.8. The molecule has 1 nitrogen and oxygen atoms in total. The molecule has 0 fully saturated rings. The maximum absolute atomic E-state index is 3.51. The number of benzene rings is 2. The van der Waals surface area contributed by atoms with Gasteiger partial charge in [-0.15, -0.1) is 0 Å². The Labute approximate surface area is 115 Å². The Morgan fingerprint density at radius 1 is 1.05 bits per heavy atom. The molecule has 3 rings (SSSR count). The third-order valence-corrected chi connectivity index (χ3v) is 4.01. The van der Waals surface area contributed by atoms with Gasteiger partial charge in [-0.3, -0.25) is 0 Å². The van der Waals surface area contributed by atoms with Crippen LogP contribution in [0.5, 0.6) is 0 Å². The number of nitrogens with one attached hydrogen (secondary N) is 1. The van der Waals surface area contributed by atoms with Crippen LogP contribution in [0.15, 0.2) is 36.4 Å². The van der Waals surface area contributed by atoms with Crippen molar-refractivity contribution in [2.45, 2.75) is 33.1 Å². The van der Waals surface area contributed by atoms with Crippen LogP contribution >= 0.6 is 0 Å². The SMILES string of the molecule is Cc1ccc(C)c(Cc2ccc3c(c2)NCCC3)c1. The molecular formula is C18H21N. The Hall–Kier alpha value is -1.76. The van der Waals surface area contributed by atoms with Gasteiger partial charge in [0, 0.05) is 12.2 Å². The van der Waals surface area contributed by atoms with Gasteiger partial charge in [0.05, 0.1) is 0 Å². The number of fused-ring (bicyclic) bond motifs is 1. The van der Waals surface area contributed by atoms with Gasteiger partial charge in [0.2, 0.25) is 0 Å². The Kier molecular flexibility index (Phi) is 3.29. The molecule has 0 amide bonds. The number of aryl methyl sites for hydroxylation is 3. The minimum absolute atomic E-state index is 1.03. The highest BCUT2D eigenvalue weighted by molar-refractivity contribution is 5.55. The largest absolute Gasteiger partial charge is 0.385 e. The molecule has 1 aliphatic heterocycles. The van der Waals surface area contributed by atoms with E-state index in [1.807, 2.05) is 0 Å². The fraction of sp³-hybridized carbons (Fsp3) is 0.333. The highest BCUT2D eigenvalue weighted by Gasteiger charge is 2.09.